The molecular weight excluding hydrogens is 310 g/mol. The van der Waals surface area contributed by atoms with Crippen molar-refractivity contribution in [1.29, 1.82) is 0 Å². The zero-order valence-corrected chi connectivity index (χ0v) is 17.3. The molecule has 1 atom stereocenters. The van der Waals surface area contributed by atoms with Crippen LogP contribution >= 0.6 is 0 Å². The van der Waals surface area contributed by atoms with E-state index in [2.05, 4.69) is 53.1 Å². The summed E-state index contributed by atoms with van der Waals surface area (Å²) in [4.78, 5) is 9.57. The summed E-state index contributed by atoms with van der Waals surface area (Å²) in [7, 11) is 1.88. The fraction of sp³-hybridized carbons (Fsp3) is 0.950. The van der Waals surface area contributed by atoms with Gasteiger partial charge in [-0.3, -0.25) is 9.89 Å². The zero-order valence-electron chi connectivity index (χ0n) is 17.3. The van der Waals surface area contributed by atoms with Crippen LogP contribution in [0, 0.1) is 11.3 Å². The highest BCUT2D eigenvalue weighted by atomic mass is 15.3. The molecule has 0 aromatic carbocycles. The minimum atomic E-state index is 0.508. The second kappa shape index (κ2) is 9.77. The standard InChI is InChI=1S/C20H41N5/c1-6-24-10-12-25(13-11-24)18(4)15-22-19(21-5)23-16-20(8-7-9-20)14-17(2)3/h17-18H,6-16H2,1-5H3,(H2,21,22,23). The van der Waals surface area contributed by atoms with E-state index >= 15 is 0 Å². The molecule has 2 fully saturated rings. The van der Waals surface area contributed by atoms with Gasteiger partial charge in [0, 0.05) is 52.4 Å². The van der Waals surface area contributed by atoms with Gasteiger partial charge >= 0.3 is 0 Å². The number of rotatable bonds is 8. The van der Waals surface area contributed by atoms with Crippen LogP contribution in [0.15, 0.2) is 4.99 Å². The van der Waals surface area contributed by atoms with Crippen molar-refractivity contribution >= 4 is 5.96 Å². The number of likely N-dealkylation sites (N-methyl/N-ethyl adjacent to an activating group) is 1. The summed E-state index contributed by atoms with van der Waals surface area (Å²) in [5, 5.41) is 7.15. The quantitative estimate of drug-likeness (QED) is 0.520. The number of aliphatic imine (C=N–C) groups is 1. The largest absolute Gasteiger partial charge is 0.356 e. The molecule has 2 N–H and O–H groups in total. The molecule has 2 rings (SSSR count). The second-order valence-electron chi connectivity index (χ2n) is 8.58. The Kier molecular flexibility index (Phi) is 8.01. The van der Waals surface area contributed by atoms with Crippen molar-refractivity contribution in [2.24, 2.45) is 16.3 Å². The van der Waals surface area contributed by atoms with Gasteiger partial charge in [-0.2, -0.15) is 0 Å². The number of nitrogens with one attached hydrogen (secondary N) is 2. The topological polar surface area (TPSA) is 42.9 Å². The smallest absolute Gasteiger partial charge is 0.191 e. The van der Waals surface area contributed by atoms with Crippen LogP contribution in [0.5, 0.6) is 0 Å². The maximum absolute atomic E-state index is 4.44. The van der Waals surface area contributed by atoms with E-state index in [1.165, 1.54) is 58.4 Å². The minimum Gasteiger partial charge on any atom is -0.356 e. The van der Waals surface area contributed by atoms with E-state index in [4.69, 9.17) is 0 Å². The molecule has 1 aliphatic carbocycles. The fourth-order valence-electron chi connectivity index (χ4n) is 4.38. The molecule has 5 heteroatoms. The van der Waals surface area contributed by atoms with Gasteiger partial charge in [-0.25, -0.2) is 0 Å². The van der Waals surface area contributed by atoms with E-state index in [1.54, 1.807) is 0 Å². The summed E-state index contributed by atoms with van der Waals surface area (Å²) in [5.41, 5.74) is 0.508. The fourth-order valence-corrected chi connectivity index (χ4v) is 4.38. The molecule has 1 aliphatic heterocycles. The molecule has 146 valence electrons. The third-order valence-electron chi connectivity index (χ3n) is 6.15. The maximum atomic E-state index is 4.44. The molecule has 0 radical (unpaired) electrons. The molecule has 2 aliphatic rings. The Hall–Kier alpha value is -0.810. The number of hydrogen-bond donors (Lipinski definition) is 2. The summed E-state index contributed by atoms with van der Waals surface area (Å²) < 4.78 is 0. The molecule has 0 amide bonds. The Labute approximate surface area is 155 Å². The van der Waals surface area contributed by atoms with Gasteiger partial charge in [0.05, 0.1) is 0 Å². The van der Waals surface area contributed by atoms with Gasteiger partial charge in [0.15, 0.2) is 5.96 Å². The van der Waals surface area contributed by atoms with Crippen LogP contribution in [0.4, 0.5) is 0 Å². The van der Waals surface area contributed by atoms with E-state index < -0.39 is 0 Å². The number of guanidine groups is 1. The molecule has 0 aromatic rings. The summed E-state index contributed by atoms with van der Waals surface area (Å²) in [6, 6.07) is 0.547. The highest BCUT2D eigenvalue weighted by Gasteiger charge is 2.37. The molecule has 25 heavy (non-hydrogen) atoms. The highest BCUT2D eigenvalue weighted by Crippen LogP contribution is 2.45. The molecule has 1 unspecified atom stereocenters. The Morgan fingerprint density at radius 2 is 1.76 bits per heavy atom. The Balaban J connectivity index is 1.71. The van der Waals surface area contributed by atoms with Crippen molar-refractivity contribution in [1.82, 2.24) is 20.4 Å². The van der Waals surface area contributed by atoms with Gasteiger partial charge in [-0.15, -0.1) is 0 Å². The van der Waals surface area contributed by atoms with Crippen LogP contribution in [-0.4, -0.2) is 74.7 Å². The lowest BCUT2D eigenvalue weighted by atomic mass is 9.64. The summed E-state index contributed by atoms with van der Waals surface area (Å²) in [6.45, 7) is 17.2. The average molecular weight is 352 g/mol. The molecule has 0 aromatic heterocycles. The van der Waals surface area contributed by atoms with Gasteiger partial charge in [0.1, 0.15) is 0 Å². The SMILES string of the molecule is CCN1CCN(C(C)CNC(=NC)NCC2(CC(C)C)CCC2)CC1. The van der Waals surface area contributed by atoms with Gasteiger partial charge in [-0.1, -0.05) is 27.2 Å². The Bertz CT molecular complexity index is 408. The third kappa shape index (κ3) is 6.14. The lowest BCUT2D eigenvalue weighted by Gasteiger charge is -2.43. The van der Waals surface area contributed by atoms with Crippen LogP contribution in [0.1, 0.15) is 53.4 Å². The molecule has 0 bridgehead atoms. The predicted octanol–water partition coefficient (Wildman–Crippen LogP) is 2.39. The van der Waals surface area contributed by atoms with Crippen LogP contribution in [-0.2, 0) is 0 Å². The van der Waals surface area contributed by atoms with Gasteiger partial charge in [-0.05, 0) is 44.1 Å². The van der Waals surface area contributed by atoms with Crippen molar-refractivity contribution in [2.75, 3.05) is 52.9 Å². The monoisotopic (exact) mass is 351 g/mol. The van der Waals surface area contributed by atoms with Gasteiger partial charge in [0.2, 0.25) is 0 Å². The Morgan fingerprint density at radius 1 is 1.08 bits per heavy atom. The highest BCUT2D eigenvalue weighted by molar-refractivity contribution is 5.79. The first-order valence-electron chi connectivity index (χ1n) is 10.4. The Morgan fingerprint density at radius 3 is 2.24 bits per heavy atom. The van der Waals surface area contributed by atoms with Crippen molar-refractivity contribution in [2.45, 2.75) is 59.4 Å². The molecule has 5 nitrogen and oxygen atoms in total. The lowest BCUT2D eigenvalue weighted by molar-refractivity contribution is 0.103. The summed E-state index contributed by atoms with van der Waals surface area (Å²) >= 11 is 0. The normalized spacial score (nSPS) is 23.4. The van der Waals surface area contributed by atoms with E-state index in [-0.39, 0.29) is 0 Å². The number of nitrogens with zero attached hydrogens (tertiary/aromatic N) is 3. The van der Waals surface area contributed by atoms with E-state index in [9.17, 15) is 0 Å². The van der Waals surface area contributed by atoms with Crippen LogP contribution in [0.3, 0.4) is 0 Å². The van der Waals surface area contributed by atoms with Crippen molar-refractivity contribution in [3.05, 3.63) is 0 Å². The molecule has 0 spiro atoms. The van der Waals surface area contributed by atoms with E-state index in [1.807, 2.05) is 7.05 Å². The van der Waals surface area contributed by atoms with Gasteiger partial charge in [0.25, 0.3) is 0 Å². The molecule has 1 saturated carbocycles. The van der Waals surface area contributed by atoms with Crippen LogP contribution in [0.25, 0.3) is 0 Å². The summed E-state index contributed by atoms with van der Waals surface area (Å²) in [6.07, 6.45) is 5.46. The third-order valence-corrected chi connectivity index (χ3v) is 6.15. The number of piperazine rings is 1. The molecular formula is C20H41N5. The van der Waals surface area contributed by atoms with Gasteiger partial charge < -0.3 is 15.5 Å². The average Bonchev–Trinajstić information content (AvgIpc) is 2.58. The van der Waals surface area contributed by atoms with Crippen molar-refractivity contribution in [3.8, 4) is 0 Å². The zero-order chi connectivity index (χ0) is 18.3. The summed E-state index contributed by atoms with van der Waals surface area (Å²) in [5.74, 6) is 1.74. The first-order valence-corrected chi connectivity index (χ1v) is 10.4. The first kappa shape index (κ1) is 20.5. The first-order chi connectivity index (χ1) is 12.0. The van der Waals surface area contributed by atoms with Crippen molar-refractivity contribution in [3.63, 3.8) is 0 Å². The van der Waals surface area contributed by atoms with Crippen LogP contribution in [0.2, 0.25) is 0 Å². The van der Waals surface area contributed by atoms with E-state index in [0.717, 1.165) is 25.0 Å². The maximum Gasteiger partial charge on any atom is 0.191 e. The molecule has 1 saturated heterocycles. The molecule has 1 heterocycles. The van der Waals surface area contributed by atoms with Crippen molar-refractivity contribution < 1.29 is 0 Å². The van der Waals surface area contributed by atoms with E-state index in [0.29, 0.717) is 11.5 Å². The number of hydrogen-bond acceptors (Lipinski definition) is 3. The minimum absolute atomic E-state index is 0.508. The predicted molar refractivity (Wildman–Crippen MR) is 108 cm³/mol. The van der Waals surface area contributed by atoms with Crippen LogP contribution < -0.4 is 10.6 Å². The lowest BCUT2D eigenvalue weighted by Crippen LogP contribution is -2.53. The second-order valence-corrected chi connectivity index (χ2v) is 8.58.